The summed E-state index contributed by atoms with van der Waals surface area (Å²) in [7, 11) is 0. The van der Waals surface area contributed by atoms with Crippen molar-refractivity contribution in [3.8, 4) is 0 Å². The van der Waals surface area contributed by atoms with Gasteiger partial charge in [-0.2, -0.15) is 0 Å². The topological polar surface area (TPSA) is 41.1 Å². The van der Waals surface area contributed by atoms with Crippen molar-refractivity contribution in [1.29, 1.82) is 0 Å². The molecule has 0 saturated carbocycles. The van der Waals surface area contributed by atoms with E-state index >= 15 is 0 Å². The van der Waals surface area contributed by atoms with Gasteiger partial charge in [-0.25, -0.2) is 0 Å². The first-order chi connectivity index (χ1) is 8.31. The Hall–Kier alpha value is -0.570. The lowest BCUT2D eigenvalue weighted by Gasteiger charge is -2.05. The van der Waals surface area contributed by atoms with Gasteiger partial charge in [-0.05, 0) is 19.4 Å². The Balaban J connectivity index is 3.05. The number of amides is 1. The molecule has 0 aromatic rings. The zero-order valence-corrected chi connectivity index (χ0v) is 11.7. The van der Waals surface area contributed by atoms with E-state index in [1.807, 2.05) is 0 Å². The summed E-state index contributed by atoms with van der Waals surface area (Å²) in [6, 6.07) is 0. The molecule has 0 radical (unpaired) electrons. The van der Waals surface area contributed by atoms with Crippen LogP contribution in [0, 0.1) is 0 Å². The Morgan fingerprint density at radius 3 is 2.12 bits per heavy atom. The molecule has 0 fully saturated rings. The Bertz CT molecular complexity index is 172. The molecule has 0 spiro atoms. The minimum Gasteiger partial charge on any atom is -0.355 e. The van der Waals surface area contributed by atoms with Crippen molar-refractivity contribution in [3.63, 3.8) is 0 Å². The van der Waals surface area contributed by atoms with E-state index in [-0.39, 0.29) is 5.91 Å². The Morgan fingerprint density at radius 2 is 1.47 bits per heavy atom. The minimum absolute atomic E-state index is 0.120. The van der Waals surface area contributed by atoms with Gasteiger partial charge < -0.3 is 10.6 Å². The molecule has 3 nitrogen and oxygen atoms in total. The fourth-order valence-electron chi connectivity index (χ4n) is 1.74. The van der Waals surface area contributed by atoms with Gasteiger partial charge in [0.1, 0.15) is 0 Å². The third kappa shape index (κ3) is 13.4. The van der Waals surface area contributed by atoms with E-state index in [1.54, 1.807) is 0 Å². The first-order valence-electron chi connectivity index (χ1n) is 7.28. The van der Waals surface area contributed by atoms with E-state index in [0.717, 1.165) is 19.5 Å². The summed E-state index contributed by atoms with van der Waals surface area (Å²) in [5.41, 5.74) is 0. The van der Waals surface area contributed by atoms with Crippen LogP contribution >= 0.6 is 0 Å². The Morgan fingerprint density at radius 1 is 0.824 bits per heavy atom. The van der Waals surface area contributed by atoms with Crippen LogP contribution < -0.4 is 10.6 Å². The van der Waals surface area contributed by atoms with Crippen molar-refractivity contribution >= 4 is 5.91 Å². The van der Waals surface area contributed by atoms with Gasteiger partial charge in [-0.3, -0.25) is 4.79 Å². The van der Waals surface area contributed by atoms with Crippen LogP contribution in [0.3, 0.4) is 0 Å². The van der Waals surface area contributed by atoms with E-state index in [4.69, 9.17) is 0 Å². The molecule has 0 rings (SSSR count). The lowest BCUT2D eigenvalue weighted by molar-refractivity contribution is -0.120. The molecule has 0 heterocycles. The summed E-state index contributed by atoms with van der Waals surface area (Å²) < 4.78 is 0. The lowest BCUT2D eigenvalue weighted by atomic mass is 10.1. The van der Waals surface area contributed by atoms with Gasteiger partial charge >= 0.3 is 0 Å². The van der Waals surface area contributed by atoms with E-state index in [2.05, 4.69) is 24.5 Å². The van der Waals surface area contributed by atoms with Gasteiger partial charge in [-0.1, -0.05) is 52.4 Å². The summed E-state index contributed by atoms with van der Waals surface area (Å²) in [4.78, 5) is 11.2. The van der Waals surface area contributed by atoms with Crippen LogP contribution in [0.1, 0.15) is 65.2 Å². The minimum atomic E-state index is 0.120. The van der Waals surface area contributed by atoms with Crippen molar-refractivity contribution in [2.75, 3.05) is 19.6 Å². The van der Waals surface area contributed by atoms with Crippen LogP contribution in [-0.4, -0.2) is 25.5 Å². The lowest BCUT2D eigenvalue weighted by Crippen LogP contribution is -2.34. The summed E-state index contributed by atoms with van der Waals surface area (Å²) in [5, 5.41) is 6.04. The fraction of sp³-hybridized carbons (Fsp3) is 0.929. The van der Waals surface area contributed by atoms with Gasteiger partial charge in [-0.15, -0.1) is 0 Å². The molecule has 0 aliphatic carbocycles. The molecule has 0 aromatic heterocycles. The standard InChI is InChI=1S/C14H30N2O/c1-3-5-6-7-8-9-10-12-15-13-14(17)16-11-4-2/h15H,3-13H2,1-2H3,(H,16,17). The molecule has 0 unspecified atom stereocenters. The second-order valence-corrected chi connectivity index (χ2v) is 4.65. The van der Waals surface area contributed by atoms with Crippen molar-refractivity contribution in [1.82, 2.24) is 10.6 Å². The molecular formula is C14H30N2O. The number of unbranched alkanes of at least 4 members (excludes halogenated alkanes) is 6. The monoisotopic (exact) mass is 242 g/mol. The molecule has 3 heteroatoms. The molecule has 0 aliphatic rings. The van der Waals surface area contributed by atoms with Crippen LogP contribution in [0.25, 0.3) is 0 Å². The maximum absolute atomic E-state index is 11.2. The molecule has 1 amide bonds. The molecule has 0 aliphatic heterocycles. The number of carbonyl (C=O) groups is 1. The van der Waals surface area contributed by atoms with Crippen molar-refractivity contribution < 1.29 is 4.79 Å². The second-order valence-electron chi connectivity index (χ2n) is 4.65. The van der Waals surface area contributed by atoms with E-state index in [1.165, 1.54) is 44.9 Å². The van der Waals surface area contributed by atoms with E-state index in [9.17, 15) is 4.79 Å². The highest BCUT2D eigenvalue weighted by Crippen LogP contribution is 2.05. The zero-order chi connectivity index (χ0) is 12.8. The maximum Gasteiger partial charge on any atom is 0.233 e. The van der Waals surface area contributed by atoms with Crippen molar-refractivity contribution in [3.05, 3.63) is 0 Å². The number of rotatable bonds is 12. The highest BCUT2D eigenvalue weighted by Gasteiger charge is 1.97. The fourth-order valence-corrected chi connectivity index (χ4v) is 1.74. The van der Waals surface area contributed by atoms with Crippen LogP contribution in [0.4, 0.5) is 0 Å². The highest BCUT2D eigenvalue weighted by molar-refractivity contribution is 5.77. The van der Waals surface area contributed by atoms with E-state index in [0.29, 0.717) is 6.54 Å². The van der Waals surface area contributed by atoms with Crippen molar-refractivity contribution in [2.24, 2.45) is 0 Å². The van der Waals surface area contributed by atoms with Gasteiger partial charge in [0.25, 0.3) is 0 Å². The zero-order valence-electron chi connectivity index (χ0n) is 11.7. The summed E-state index contributed by atoms with van der Waals surface area (Å²) >= 11 is 0. The third-order valence-electron chi connectivity index (χ3n) is 2.81. The van der Waals surface area contributed by atoms with Crippen LogP contribution in [0.2, 0.25) is 0 Å². The first-order valence-corrected chi connectivity index (χ1v) is 7.28. The quantitative estimate of drug-likeness (QED) is 0.517. The molecule has 2 N–H and O–H groups in total. The first kappa shape index (κ1) is 16.4. The van der Waals surface area contributed by atoms with Crippen LogP contribution in [-0.2, 0) is 4.79 Å². The summed E-state index contributed by atoms with van der Waals surface area (Å²) in [6.45, 7) is 6.53. The van der Waals surface area contributed by atoms with E-state index < -0.39 is 0 Å². The predicted molar refractivity (Wildman–Crippen MR) is 74.2 cm³/mol. The number of nitrogens with one attached hydrogen (secondary N) is 2. The smallest absolute Gasteiger partial charge is 0.233 e. The summed E-state index contributed by atoms with van der Waals surface area (Å²) in [5.74, 6) is 0.120. The number of hydrogen-bond donors (Lipinski definition) is 2. The second kappa shape index (κ2) is 13.5. The normalized spacial score (nSPS) is 10.5. The SMILES string of the molecule is CCCCCCCCCNCC(=O)NCCC. The Kier molecular flexibility index (Phi) is 13.0. The molecule has 0 saturated heterocycles. The molecular weight excluding hydrogens is 212 g/mol. The molecule has 0 atom stereocenters. The largest absolute Gasteiger partial charge is 0.355 e. The van der Waals surface area contributed by atoms with Crippen LogP contribution in [0.5, 0.6) is 0 Å². The van der Waals surface area contributed by atoms with Gasteiger partial charge in [0.05, 0.1) is 6.54 Å². The van der Waals surface area contributed by atoms with Gasteiger partial charge in [0.2, 0.25) is 5.91 Å². The molecule has 17 heavy (non-hydrogen) atoms. The average molecular weight is 242 g/mol. The summed E-state index contributed by atoms with van der Waals surface area (Å²) in [6.07, 6.45) is 10.2. The Labute approximate surface area is 107 Å². The maximum atomic E-state index is 11.2. The number of carbonyl (C=O) groups excluding carboxylic acids is 1. The average Bonchev–Trinajstić information content (AvgIpc) is 2.34. The predicted octanol–water partition coefficient (Wildman–Crippen LogP) is 2.85. The molecule has 0 bridgehead atoms. The molecule has 102 valence electrons. The molecule has 0 aromatic carbocycles. The number of hydrogen-bond acceptors (Lipinski definition) is 2. The van der Waals surface area contributed by atoms with Crippen LogP contribution in [0.15, 0.2) is 0 Å². The third-order valence-corrected chi connectivity index (χ3v) is 2.81. The van der Waals surface area contributed by atoms with Gasteiger partial charge in [0.15, 0.2) is 0 Å². The van der Waals surface area contributed by atoms with Gasteiger partial charge in [0, 0.05) is 6.54 Å². The van der Waals surface area contributed by atoms with Crippen molar-refractivity contribution in [2.45, 2.75) is 65.2 Å². The highest BCUT2D eigenvalue weighted by atomic mass is 16.1.